The molecule has 3 aromatic heterocycles. The molecule has 0 saturated heterocycles. The quantitative estimate of drug-likeness (QED) is 0.0235. The van der Waals surface area contributed by atoms with E-state index in [1.54, 1.807) is 73.7 Å². The second-order valence-corrected chi connectivity index (χ2v) is 21.3. The van der Waals surface area contributed by atoms with Crippen LogP contribution in [-0.2, 0) is 20.2 Å². The van der Waals surface area contributed by atoms with Gasteiger partial charge in [-0.15, -0.1) is 20.5 Å². The average molecular weight is 1170 g/mol. The van der Waals surface area contributed by atoms with Gasteiger partial charge in [-0.2, -0.15) is 42.3 Å². The van der Waals surface area contributed by atoms with Crippen molar-refractivity contribution < 1.29 is 46.4 Å². The third-order valence-corrected chi connectivity index (χ3v) is 14.6. The number of halogens is 2. The molecule has 8 rings (SSSR count). The van der Waals surface area contributed by atoms with Crippen LogP contribution in [0.2, 0.25) is 10.0 Å². The predicted octanol–water partition coefficient (Wildman–Crippen LogP) is 9.59. The van der Waals surface area contributed by atoms with Gasteiger partial charge in [0.2, 0.25) is 17.8 Å². The number of pyridine rings is 1. The van der Waals surface area contributed by atoms with E-state index in [2.05, 4.69) is 79.1 Å². The number of nitrogens with one attached hydrogen (secondary N) is 5. The number of benzene rings is 5. The fourth-order valence-corrected chi connectivity index (χ4v) is 10.1. The van der Waals surface area contributed by atoms with E-state index >= 15 is 0 Å². The van der Waals surface area contributed by atoms with Gasteiger partial charge in [-0.1, -0.05) is 64.9 Å². The first kappa shape index (κ1) is 56.8. The first-order chi connectivity index (χ1) is 37.7. The molecule has 2 unspecified atom stereocenters. The van der Waals surface area contributed by atoms with Crippen LogP contribution in [0.1, 0.15) is 16.7 Å². The maximum Gasteiger partial charge on any atom is 0.296 e. The minimum Gasteiger partial charge on any atom is -0.394 e. The zero-order chi connectivity index (χ0) is 56.6. The Kier molecular flexibility index (Phi) is 17.7. The van der Waals surface area contributed by atoms with Gasteiger partial charge in [0.25, 0.3) is 20.2 Å². The Hall–Kier alpha value is -8.36. The van der Waals surface area contributed by atoms with Crippen molar-refractivity contribution in [3.63, 3.8) is 0 Å². The average Bonchev–Trinajstić information content (AvgIpc) is 3.96. The van der Waals surface area contributed by atoms with Crippen LogP contribution in [0.4, 0.5) is 67.9 Å². The number of hydrogen-bond donors (Lipinski definition) is 11. The Morgan fingerprint density at radius 2 is 1.22 bits per heavy atom. The van der Waals surface area contributed by atoms with Crippen molar-refractivity contribution in [1.29, 1.82) is 10.5 Å². The van der Waals surface area contributed by atoms with Crippen molar-refractivity contribution in [3.8, 4) is 23.3 Å². The van der Waals surface area contributed by atoms with E-state index in [9.17, 15) is 56.9 Å². The minimum atomic E-state index is -4.76. The molecule has 11 N–H and O–H groups in total. The summed E-state index contributed by atoms with van der Waals surface area (Å²) in [6.07, 6.45) is -2.28. The summed E-state index contributed by atoms with van der Waals surface area (Å²) < 4.78 is 68.6. The summed E-state index contributed by atoms with van der Waals surface area (Å²) >= 11 is 13.1. The highest BCUT2D eigenvalue weighted by molar-refractivity contribution is 7.86. The van der Waals surface area contributed by atoms with E-state index < -0.39 is 50.6 Å². The maximum absolute atomic E-state index is 12.3. The molecule has 30 heteroatoms. The number of anilines is 8. The topological polar surface area (TPSA) is 398 Å². The molecule has 2 atom stereocenters. The molecule has 0 saturated carbocycles. The molecule has 0 aliphatic carbocycles. The lowest BCUT2D eigenvalue weighted by molar-refractivity contribution is 0.105. The maximum atomic E-state index is 12.3. The highest BCUT2D eigenvalue weighted by Gasteiger charge is 2.24. The van der Waals surface area contributed by atoms with Gasteiger partial charge in [0.05, 0.1) is 41.7 Å². The van der Waals surface area contributed by atoms with Gasteiger partial charge in [-0.05, 0) is 90.7 Å². The number of fused-ring (bicyclic) bond motifs is 1. The number of thiophene rings is 1. The number of aliphatic hydroxyl groups is 4. The van der Waals surface area contributed by atoms with Gasteiger partial charge in [0, 0.05) is 51.7 Å². The fraction of sp³-hybridized carbons (Fsp3) is 0.143. The van der Waals surface area contributed by atoms with Crippen LogP contribution in [-0.4, -0.2) is 105 Å². The van der Waals surface area contributed by atoms with Crippen molar-refractivity contribution >= 4 is 133 Å². The van der Waals surface area contributed by atoms with Gasteiger partial charge in [-0.3, -0.25) is 9.11 Å². The number of rotatable bonds is 21. The molecular formula is C49H41Cl2N15O10S3. The van der Waals surface area contributed by atoms with Crippen molar-refractivity contribution in [3.05, 3.63) is 130 Å². The smallest absolute Gasteiger partial charge is 0.296 e. The van der Waals surface area contributed by atoms with Gasteiger partial charge < -0.3 is 47.0 Å². The van der Waals surface area contributed by atoms with E-state index in [0.717, 1.165) is 17.4 Å². The molecule has 8 aromatic rings. The summed E-state index contributed by atoms with van der Waals surface area (Å²) in [6, 6.07) is 30.0. The number of aromatic nitrogens is 4. The molecular weight excluding hydrogens is 1130 g/mol. The lowest BCUT2D eigenvalue weighted by Gasteiger charge is -2.16. The van der Waals surface area contributed by atoms with Crippen LogP contribution in [0.5, 0.6) is 0 Å². The number of aliphatic hydroxyl groups excluding tert-OH is 4. The zero-order valence-electron chi connectivity index (χ0n) is 40.6. The molecule has 0 amide bonds. The SMILES string of the molecule is Cc1c(C#N)c(Nc2ccc(Cl)c(S(=O)(=O)O)c2)nc(Nc2ccc(Cl)cc2)c1N=Nc1sc(N=Nc2ccc3cccc(S(=O)(=O)O)c3c2)c(-c2ccc(Nc3nc(NCC(O)CO)nc(NCC(O)CO)n3)cc2)c1C#N. The molecule has 25 nitrogen and oxygen atoms in total. The molecule has 0 radical (unpaired) electrons. The van der Waals surface area contributed by atoms with Crippen LogP contribution in [0.3, 0.4) is 0 Å². The van der Waals surface area contributed by atoms with Gasteiger partial charge >= 0.3 is 0 Å². The van der Waals surface area contributed by atoms with Crippen LogP contribution in [0.15, 0.2) is 133 Å². The molecule has 404 valence electrons. The Labute approximate surface area is 463 Å². The summed E-state index contributed by atoms with van der Waals surface area (Å²) in [5.41, 5.74) is 1.97. The third kappa shape index (κ3) is 13.9. The summed E-state index contributed by atoms with van der Waals surface area (Å²) in [5.74, 6) is -0.0583. The first-order valence-corrected chi connectivity index (χ1v) is 27.3. The number of hydrogen-bond acceptors (Lipinski definition) is 24. The molecule has 3 heterocycles. The normalized spacial score (nSPS) is 12.5. The standard InChI is InChI=1S/C49H41Cl2N15O10S3/c1-25-36(19-52)43(57-31-15-16-38(51)40(18-31)79(74,75)76)59-44(56-29-13-8-28(50)9-14-29)42(25)64-65-45-37(20-53)41(46(77-45)66-63-32-12-5-26-3-2-4-39(35(26)17-32)78(71,72)73)27-6-10-30(11-7-27)58-49-61-47(54-21-33(69)23-67)60-48(62-49)55-22-34(70)24-68/h2-18,33-34,67-70H,21-24H2,1H3,(H2,56,57,59)(H,71,72,73)(H,74,75,76)(H3,54,55,58,60,61,62). The zero-order valence-corrected chi connectivity index (χ0v) is 44.5. The summed E-state index contributed by atoms with van der Waals surface area (Å²) in [4.78, 5) is 16.6. The lowest BCUT2D eigenvalue weighted by Crippen LogP contribution is -2.26. The van der Waals surface area contributed by atoms with Crippen molar-refractivity contribution in [2.45, 2.75) is 28.9 Å². The van der Waals surface area contributed by atoms with Crippen molar-refractivity contribution in [2.24, 2.45) is 20.5 Å². The van der Waals surface area contributed by atoms with E-state index in [0.29, 0.717) is 27.3 Å². The molecule has 0 bridgehead atoms. The summed E-state index contributed by atoms with van der Waals surface area (Å²) in [6.45, 7) is 0.241. The summed E-state index contributed by atoms with van der Waals surface area (Å²) in [5, 5.41) is 93.6. The van der Waals surface area contributed by atoms with Crippen molar-refractivity contribution in [2.75, 3.05) is 52.9 Å². The number of nitrogens with zero attached hydrogens (tertiary/aromatic N) is 10. The van der Waals surface area contributed by atoms with Crippen LogP contribution in [0.25, 0.3) is 21.9 Å². The van der Waals surface area contributed by atoms with Crippen molar-refractivity contribution in [1.82, 2.24) is 19.9 Å². The summed E-state index contributed by atoms with van der Waals surface area (Å²) in [7, 11) is -9.40. The predicted molar refractivity (Wildman–Crippen MR) is 296 cm³/mol. The molecule has 79 heavy (non-hydrogen) atoms. The Morgan fingerprint density at radius 1 is 0.633 bits per heavy atom. The molecule has 5 aromatic carbocycles. The molecule has 0 spiro atoms. The molecule has 0 aliphatic heterocycles. The molecule has 0 aliphatic rings. The van der Waals surface area contributed by atoms with E-state index in [4.69, 9.17) is 23.2 Å². The van der Waals surface area contributed by atoms with Crippen LogP contribution >= 0.6 is 34.5 Å². The van der Waals surface area contributed by atoms with E-state index in [-0.39, 0.29) is 107 Å². The second kappa shape index (κ2) is 24.5. The largest absolute Gasteiger partial charge is 0.394 e. The van der Waals surface area contributed by atoms with Gasteiger partial charge in [0.15, 0.2) is 16.6 Å². The first-order valence-electron chi connectivity index (χ1n) is 22.9. The van der Waals surface area contributed by atoms with E-state index in [1.807, 2.05) is 0 Å². The lowest BCUT2D eigenvalue weighted by atomic mass is 10.0. The van der Waals surface area contributed by atoms with Gasteiger partial charge in [0.1, 0.15) is 38.2 Å². The fourth-order valence-electron chi connectivity index (χ4n) is 7.34. The number of azo groups is 2. The van der Waals surface area contributed by atoms with Crippen LogP contribution < -0.4 is 26.6 Å². The highest BCUT2D eigenvalue weighted by Crippen LogP contribution is 2.49. The Balaban J connectivity index is 1.22. The second-order valence-electron chi connectivity index (χ2n) is 16.7. The monoisotopic (exact) mass is 1170 g/mol. The third-order valence-electron chi connectivity index (χ3n) is 11.2. The Morgan fingerprint density at radius 3 is 1.84 bits per heavy atom. The van der Waals surface area contributed by atoms with E-state index in [1.165, 1.54) is 30.3 Å². The highest BCUT2D eigenvalue weighted by atomic mass is 35.5. The molecule has 0 fully saturated rings. The van der Waals surface area contributed by atoms with Gasteiger partial charge in [-0.25, -0.2) is 4.98 Å². The Bertz CT molecular complexity index is 3960. The minimum absolute atomic E-state index is 0.00274. The van der Waals surface area contributed by atoms with Crippen LogP contribution in [0, 0.1) is 29.6 Å². The number of nitriles is 2.